The molecular formula is C50H74O14. The van der Waals surface area contributed by atoms with Gasteiger partial charge in [0.15, 0.2) is 18.4 Å². The van der Waals surface area contributed by atoms with Crippen molar-refractivity contribution in [3.63, 3.8) is 0 Å². The maximum absolute atomic E-state index is 14.4. The third kappa shape index (κ3) is 9.82. The molecular weight excluding hydrogens is 825 g/mol. The average molecular weight is 899 g/mol. The van der Waals surface area contributed by atoms with Crippen LogP contribution >= 0.6 is 0 Å². The summed E-state index contributed by atoms with van der Waals surface area (Å²) in [6, 6.07) is 0. The number of carbonyl (C=O) groups is 1. The normalized spacial score (nSPS) is 47.1. The molecule has 64 heavy (non-hydrogen) atoms. The third-order valence-corrected chi connectivity index (χ3v) is 15.4. The number of allylic oxidation sites excluding steroid dienone is 2. The Balaban J connectivity index is 1.08. The van der Waals surface area contributed by atoms with Crippen molar-refractivity contribution < 1.29 is 67.5 Å². The molecule has 0 aromatic rings. The molecule has 8 aliphatic rings. The monoisotopic (exact) mass is 899 g/mol. The van der Waals surface area contributed by atoms with Gasteiger partial charge in [0.25, 0.3) is 0 Å². The second-order valence-electron chi connectivity index (χ2n) is 20.0. The Kier molecular flexibility index (Phi) is 15.1. The lowest BCUT2D eigenvalue weighted by Gasteiger charge is -2.49. The molecule has 14 heteroatoms. The molecule has 2 bridgehead atoms. The van der Waals surface area contributed by atoms with Gasteiger partial charge in [-0.25, -0.2) is 0 Å². The first-order chi connectivity index (χ1) is 30.6. The summed E-state index contributed by atoms with van der Waals surface area (Å²) in [5.41, 5.74) is 0.166. The standard InChI is InChI=1S/C50H74O14/c1-27-13-12-16-34-26-57-47-42(51)30(4)21-37(50(34,47)54)48(53)60-36-22-35(63-49(25-36)20-19-29(3)45(64-49)33-14-10-9-11-15-33)18-17-28(2)44(27)61-41-24-39(56-8)46(32(6)59-41)62-40-23-38(55-7)43(52)31(5)58-40/h12-13,16-17,19-21,27,29,31-33,35-47,51-52,54H,9-11,14-15,18,22-26H2,1-8H3/t27-,29-,31?,32?,35+,36-,37-,38+,39+,40-,41-,42?,43-,44-,45-,46-,47+,49?,50+/m0/s1. The van der Waals surface area contributed by atoms with Gasteiger partial charge < -0.3 is 62.7 Å². The van der Waals surface area contributed by atoms with Crippen molar-refractivity contribution in [2.75, 3.05) is 20.8 Å². The summed E-state index contributed by atoms with van der Waals surface area (Å²) < 4.78 is 64.1. The van der Waals surface area contributed by atoms with E-state index in [0.717, 1.165) is 18.4 Å². The van der Waals surface area contributed by atoms with Gasteiger partial charge in [-0.15, -0.1) is 0 Å². The maximum atomic E-state index is 14.4. The Morgan fingerprint density at radius 3 is 2.28 bits per heavy atom. The van der Waals surface area contributed by atoms with Gasteiger partial charge in [-0.1, -0.05) is 69.6 Å². The molecule has 0 radical (unpaired) electrons. The van der Waals surface area contributed by atoms with Gasteiger partial charge in [0, 0.05) is 51.7 Å². The van der Waals surface area contributed by atoms with Crippen molar-refractivity contribution in [3.05, 3.63) is 59.3 Å². The smallest absolute Gasteiger partial charge is 0.316 e. The van der Waals surface area contributed by atoms with E-state index in [0.29, 0.717) is 49.2 Å². The minimum atomic E-state index is -1.83. The minimum absolute atomic E-state index is 0.0242. The Morgan fingerprint density at radius 1 is 0.812 bits per heavy atom. The van der Waals surface area contributed by atoms with Crippen LogP contribution in [0.5, 0.6) is 0 Å². The van der Waals surface area contributed by atoms with Gasteiger partial charge in [-0.05, 0) is 75.7 Å². The average Bonchev–Trinajstić information content (AvgIpc) is 3.62. The summed E-state index contributed by atoms with van der Waals surface area (Å²) in [7, 11) is 3.23. The number of aliphatic hydroxyl groups is 3. The van der Waals surface area contributed by atoms with Gasteiger partial charge in [0.1, 0.15) is 42.0 Å². The summed E-state index contributed by atoms with van der Waals surface area (Å²) in [5, 5.41) is 34.3. The van der Waals surface area contributed by atoms with E-state index >= 15 is 0 Å². The highest BCUT2D eigenvalue weighted by molar-refractivity contribution is 5.78. The number of ether oxygens (including phenoxy) is 10. The molecule has 2 aliphatic carbocycles. The van der Waals surface area contributed by atoms with Crippen LogP contribution in [0.15, 0.2) is 59.3 Å². The fourth-order valence-corrected chi connectivity index (χ4v) is 11.7. The highest BCUT2D eigenvalue weighted by Gasteiger charge is 2.60. The zero-order chi connectivity index (χ0) is 45.5. The quantitative estimate of drug-likeness (QED) is 0.204. The van der Waals surface area contributed by atoms with E-state index in [1.54, 1.807) is 40.2 Å². The second-order valence-corrected chi connectivity index (χ2v) is 20.0. The Hall–Kier alpha value is -2.31. The number of fused-ring (bicyclic) bond motifs is 2. The van der Waals surface area contributed by atoms with E-state index < -0.39 is 90.8 Å². The molecule has 3 N–H and O–H groups in total. The first kappa shape index (κ1) is 48.2. The van der Waals surface area contributed by atoms with Crippen LogP contribution in [0.3, 0.4) is 0 Å². The molecule has 14 nitrogen and oxygen atoms in total. The highest BCUT2D eigenvalue weighted by Crippen LogP contribution is 2.48. The number of hydrogen-bond donors (Lipinski definition) is 3. The fraction of sp³-hybridized carbons (Fsp3) is 0.780. The van der Waals surface area contributed by atoms with Crippen LogP contribution in [0.1, 0.15) is 106 Å². The van der Waals surface area contributed by atoms with Crippen LogP contribution in [0.2, 0.25) is 0 Å². The van der Waals surface area contributed by atoms with Gasteiger partial charge in [0.2, 0.25) is 0 Å². The molecule has 0 amide bonds. The number of hydrogen-bond acceptors (Lipinski definition) is 14. The molecule has 4 saturated heterocycles. The molecule has 19 atom stereocenters. The molecule has 1 spiro atoms. The van der Waals surface area contributed by atoms with Crippen molar-refractivity contribution in [2.24, 2.45) is 23.7 Å². The van der Waals surface area contributed by atoms with Crippen molar-refractivity contribution in [2.45, 2.75) is 203 Å². The van der Waals surface area contributed by atoms with Crippen LogP contribution in [0, 0.1) is 23.7 Å². The van der Waals surface area contributed by atoms with Crippen molar-refractivity contribution >= 4 is 5.97 Å². The Morgan fingerprint density at radius 2 is 1.53 bits per heavy atom. The maximum Gasteiger partial charge on any atom is 0.316 e. The Labute approximate surface area is 379 Å². The summed E-state index contributed by atoms with van der Waals surface area (Å²) in [4.78, 5) is 14.4. The van der Waals surface area contributed by atoms with Crippen LogP contribution in [-0.2, 0) is 52.2 Å². The lowest BCUT2D eigenvalue weighted by Crippen LogP contribution is -2.58. The number of rotatable bonds is 7. The molecule has 1 saturated carbocycles. The minimum Gasteiger partial charge on any atom is -0.462 e. The molecule has 8 rings (SSSR count). The summed E-state index contributed by atoms with van der Waals surface area (Å²) >= 11 is 0. The van der Waals surface area contributed by atoms with Gasteiger partial charge >= 0.3 is 5.97 Å². The molecule has 358 valence electrons. The largest absolute Gasteiger partial charge is 0.462 e. The van der Waals surface area contributed by atoms with Gasteiger partial charge in [-0.2, -0.15) is 0 Å². The molecule has 6 aliphatic heterocycles. The highest BCUT2D eigenvalue weighted by atomic mass is 16.7. The van der Waals surface area contributed by atoms with E-state index in [-0.39, 0.29) is 36.8 Å². The van der Waals surface area contributed by atoms with Gasteiger partial charge in [0.05, 0.1) is 49.3 Å². The zero-order valence-corrected chi connectivity index (χ0v) is 39.0. The lowest BCUT2D eigenvalue weighted by molar-refractivity contribution is -0.318. The first-order valence-corrected chi connectivity index (χ1v) is 24.0. The number of esters is 1. The van der Waals surface area contributed by atoms with E-state index in [2.05, 4.69) is 32.9 Å². The first-order valence-electron chi connectivity index (χ1n) is 24.0. The van der Waals surface area contributed by atoms with E-state index in [4.69, 9.17) is 47.4 Å². The fourth-order valence-electron chi connectivity index (χ4n) is 11.7. The third-order valence-electron chi connectivity index (χ3n) is 15.4. The van der Waals surface area contributed by atoms with E-state index in [9.17, 15) is 20.1 Å². The molecule has 0 aromatic heterocycles. The number of aliphatic hydroxyl groups excluding tert-OH is 2. The molecule has 0 aromatic carbocycles. The van der Waals surface area contributed by atoms with Crippen LogP contribution in [0.25, 0.3) is 0 Å². The van der Waals surface area contributed by atoms with E-state index in [1.165, 1.54) is 19.3 Å². The van der Waals surface area contributed by atoms with Crippen molar-refractivity contribution in [3.8, 4) is 0 Å². The van der Waals surface area contributed by atoms with Crippen LogP contribution < -0.4 is 0 Å². The molecule has 6 heterocycles. The lowest BCUT2D eigenvalue weighted by atomic mass is 9.71. The van der Waals surface area contributed by atoms with Crippen LogP contribution in [0.4, 0.5) is 0 Å². The zero-order valence-electron chi connectivity index (χ0n) is 39.0. The summed E-state index contributed by atoms with van der Waals surface area (Å²) in [5.74, 6) is -2.32. The SMILES string of the molecule is CO[C@@H]1C[C@H](O[C@H]2C(C)O[C@@H](O[C@@H]3C(C)=CC[C@@H]4C[C@@H](CC5(C=C[C@H](C)[C@@H](C6CCCCC6)O5)O4)OC(=O)[C@@H]4C=C(C)C(O)[C@H]5OCC(=CC=C[C@@H]3C)[C@]54O)C[C@H]2OC)OC(C)[C@@H]1O. The number of methoxy groups -OCH3 is 2. The predicted octanol–water partition coefficient (Wildman–Crippen LogP) is 5.91. The van der Waals surface area contributed by atoms with Crippen molar-refractivity contribution in [1.29, 1.82) is 0 Å². The number of carbonyl (C=O) groups excluding carboxylic acids is 1. The molecule has 4 unspecified atom stereocenters. The predicted molar refractivity (Wildman–Crippen MR) is 234 cm³/mol. The van der Waals surface area contributed by atoms with Crippen molar-refractivity contribution in [1.82, 2.24) is 0 Å². The van der Waals surface area contributed by atoms with Gasteiger partial charge in [-0.3, -0.25) is 4.79 Å². The summed E-state index contributed by atoms with van der Waals surface area (Å²) in [6.45, 7) is 11.9. The van der Waals surface area contributed by atoms with Crippen LogP contribution in [-0.4, -0.2) is 139 Å². The second kappa shape index (κ2) is 20.1. The topological polar surface area (TPSA) is 170 Å². The Bertz CT molecular complexity index is 1790. The molecule has 5 fully saturated rings. The summed E-state index contributed by atoms with van der Waals surface area (Å²) in [6.07, 6.45) is 13.8. The van der Waals surface area contributed by atoms with E-state index in [1.807, 2.05) is 25.2 Å².